The summed E-state index contributed by atoms with van der Waals surface area (Å²) >= 11 is 0. The molecule has 1 unspecified atom stereocenters. The van der Waals surface area contributed by atoms with Crippen molar-refractivity contribution in [3.05, 3.63) is 65.7 Å². The molecule has 0 aromatic heterocycles. The van der Waals surface area contributed by atoms with Crippen molar-refractivity contribution in [3.63, 3.8) is 0 Å². The minimum absolute atomic E-state index is 0.0747. The van der Waals surface area contributed by atoms with Crippen molar-refractivity contribution < 1.29 is 26.7 Å². The second kappa shape index (κ2) is 8.93. The van der Waals surface area contributed by atoms with E-state index in [0.29, 0.717) is 26.6 Å². The average Bonchev–Trinajstić information content (AvgIpc) is 2.76. The van der Waals surface area contributed by atoms with Crippen LogP contribution in [0.2, 0.25) is 0 Å². The lowest BCUT2D eigenvalue weighted by Gasteiger charge is -2.48. The molecule has 5 nitrogen and oxygen atoms in total. The summed E-state index contributed by atoms with van der Waals surface area (Å²) in [5.41, 5.74) is -2.00. The second-order valence-electron chi connectivity index (χ2n) is 9.79. The zero-order chi connectivity index (χ0) is 24.8. The quantitative estimate of drug-likeness (QED) is 0.649. The van der Waals surface area contributed by atoms with E-state index < -0.39 is 27.4 Å². The second-order valence-corrected chi connectivity index (χ2v) is 11.7. The normalized spacial score (nSPS) is 23.8. The number of nitrogens with zero attached hydrogens (tertiary/aromatic N) is 2. The molecule has 1 N–H and O–H groups in total. The van der Waals surface area contributed by atoms with Crippen LogP contribution in [0, 0.1) is 0 Å². The fourth-order valence-corrected chi connectivity index (χ4v) is 6.74. The maximum Gasteiger partial charge on any atom is 0.421 e. The van der Waals surface area contributed by atoms with Gasteiger partial charge in [-0.2, -0.15) is 17.5 Å². The molecule has 1 aliphatic carbocycles. The highest BCUT2D eigenvalue weighted by Gasteiger charge is 2.51. The predicted octanol–water partition coefficient (Wildman–Crippen LogP) is 4.27. The number of piperazine rings is 1. The maximum atomic E-state index is 13.3. The topological polar surface area (TPSA) is 60.9 Å². The minimum atomic E-state index is -4.87. The molecule has 1 saturated carbocycles. The van der Waals surface area contributed by atoms with Crippen molar-refractivity contribution in [2.45, 2.75) is 61.2 Å². The lowest BCUT2D eigenvalue weighted by Crippen LogP contribution is -2.57. The van der Waals surface area contributed by atoms with E-state index in [1.807, 2.05) is 13.0 Å². The number of benzene rings is 2. The van der Waals surface area contributed by atoms with Crippen LogP contribution in [0.25, 0.3) is 0 Å². The van der Waals surface area contributed by atoms with E-state index in [0.717, 1.165) is 43.7 Å². The van der Waals surface area contributed by atoms with Crippen LogP contribution >= 0.6 is 0 Å². The summed E-state index contributed by atoms with van der Waals surface area (Å²) in [6, 6.07) is 14.5. The first-order valence-corrected chi connectivity index (χ1v) is 13.0. The van der Waals surface area contributed by atoms with Gasteiger partial charge in [-0.15, -0.1) is 0 Å². The summed E-state index contributed by atoms with van der Waals surface area (Å²) in [6.07, 6.45) is -1.43. The summed E-state index contributed by atoms with van der Waals surface area (Å²) < 4.78 is 67.3. The number of hydrogen-bond acceptors (Lipinski definition) is 4. The number of hydrogen-bond donors (Lipinski definition) is 1. The van der Waals surface area contributed by atoms with Crippen molar-refractivity contribution >= 4 is 10.0 Å². The average molecular weight is 497 g/mol. The highest BCUT2D eigenvalue weighted by Crippen LogP contribution is 2.44. The van der Waals surface area contributed by atoms with Gasteiger partial charge in [-0.05, 0) is 49.9 Å². The molecule has 0 spiro atoms. The Kier molecular flexibility index (Phi) is 6.61. The third kappa shape index (κ3) is 4.51. The Morgan fingerprint density at radius 2 is 1.65 bits per heavy atom. The first-order valence-electron chi connectivity index (χ1n) is 11.6. The van der Waals surface area contributed by atoms with Gasteiger partial charge in [0.25, 0.3) is 0 Å². The number of halogens is 3. The van der Waals surface area contributed by atoms with Gasteiger partial charge in [-0.1, -0.05) is 48.9 Å². The van der Waals surface area contributed by atoms with E-state index in [1.165, 1.54) is 16.3 Å². The van der Waals surface area contributed by atoms with Crippen LogP contribution in [0.5, 0.6) is 0 Å². The first-order chi connectivity index (χ1) is 15.9. The number of aliphatic hydroxyl groups is 1. The molecule has 0 bridgehead atoms. The van der Waals surface area contributed by atoms with E-state index in [-0.39, 0.29) is 16.4 Å². The molecule has 2 atom stereocenters. The Balaban J connectivity index is 1.46. The molecule has 2 aromatic rings. The maximum absolute atomic E-state index is 13.3. The van der Waals surface area contributed by atoms with Crippen LogP contribution in [0.1, 0.15) is 44.2 Å². The van der Waals surface area contributed by atoms with Crippen molar-refractivity contribution in [3.8, 4) is 0 Å². The summed E-state index contributed by atoms with van der Waals surface area (Å²) in [5, 5.41) is 9.85. The van der Waals surface area contributed by atoms with Crippen LogP contribution in [0.15, 0.2) is 59.5 Å². The Morgan fingerprint density at radius 3 is 2.15 bits per heavy atom. The van der Waals surface area contributed by atoms with Crippen molar-refractivity contribution in [1.29, 1.82) is 0 Å². The molecule has 2 aromatic carbocycles. The Bertz CT molecular complexity index is 1100. The molecule has 1 aliphatic heterocycles. The summed E-state index contributed by atoms with van der Waals surface area (Å²) in [7, 11) is -3.88. The lowest BCUT2D eigenvalue weighted by molar-refractivity contribution is -0.258. The molecule has 1 heterocycles. The smallest absolute Gasteiger partial charge is 0.376 e. The van der Waals surface area contributed by atoms with Crippen molar-refractivity contribution in [1.82, 2.24) is 9.21 Å². The van der Waals surface area contributed by atoms with E-state index in [4.69, 9.17) is 0 Å². The molecule has 1 saturated heterocycles. The number of rotatable bonds is 6. The molecule has 4 rings (SSSR count). The highest BCUT2D eigenvalue weighted by molar-refractivity contribution is 7.89. The van der Waals surface area contributed by atoms with Crippen LogP contribution in [0.3, 0.4) is 0 Å². The van der Waals surface area contributed by atoms with Crippen LogP contribution < -0.4 is 0 Å². The van der Waals surface area contributed by atoms with Gasteiger partial charge < -0.3 is 5.11 Å². The van der Waals surface area contributed by atoms with Gasteiger partial charge >= 0.3 is 6.18 Å². The molecule has 0 radical (unpaired) electrons. The Morgan fingerprint density at radius 1 is 1.03 bits per heavy atom. The fourth-order valence-electron chi connectivity index (χ4n) is 5.13. The minimum Gasteiger partial charge on any atom is -0.376 e. The SMILES string of the molecule is C[C@@H]1CN(CC2(c3ccccc3)CCC2)CCN1S(=O)(=O)c1ccc(C(C)(O)C(F)(F)F)cc1. The highest BCUT2D eigenvalue weighted by atomic mass is 32.2. The molecule has 2 aliphatic rings. The number of sulfonamides is 1. The fraction of sp³-hybridized carbons (Fsp3) is 0.520. The summed E-state index contributed by atoms with van der Waals surface area (Å²) in [4.78, 5) is 2.25. The molecule has 9 heteroatoms. The largest absolute Gasteiger partial charge is 0.421 e. The van der Waals surface area contributed by atoms with E-state index in [1.54, 1.807) is 0 Å². The third-order valence-electron chi connectivity index (χ3n) is 7.45. The van der Waals surface area contributed by atoms with Crippen LogP contribution in [-0.2, 0) is 21.0 Å². The zero-order valence-electron chi connectivity index (χ0n) is 19.4. The predicted molar refractivity (Wildman–Crippen MR) is 124 cm³/mol. The van der Waals surface area contributed by atoms with Crippen LogP contribution in [0.4, 0.5) is 13.2 Å². The number of alkyl halides is 3. The summed E-state index contributed by atoms with van der Waals surface area (Å²) in [6.45, 7) is 4.91. The third-order valence-corrected chi connectivity index (χ3v) is 9.48. The van der Waals surface area contributed by atoms with Gasteiger partial charge in [0.05, 0.1) is 4.90 Å². The van der Waals surface area contributed by atoms with E-state index in [9.17, 15) is 26.7 Å². The van der Waals surface area contributed by atoms with Crippen molar-refractivity contribution in [2.24, 2.45) is 0 Å². The zero-order valence-corrected chi connectivity index (χ0v) is 20.2. The molecule has 34 heavy (non-hydrogen) atoms. The van der Waals surface area contributed by atoms with Gasteiger partial charge in [-0.25, -0.2) is 8.42 Å². The standard InChI is InChI=1S/C25H31F3N2O3S/c1-19-17-29(18-24(13-6-14-24)21-7-4-3-5-8-21)15-16-30(19)34(32,33)22-11-9-20(10-12-22)23(2,31)25(26,27)28/h3-5,7-12,19,31H,6,13-18H2,1-2H3/t19-,23?/m1/s1. The molecular weight excluding hydrogens is 465 g/mol. The van der Waals surface area contributed by atoms with Gasteiger partial charge in [0.2, 0.25) is 10.0 Å². The van der Waals surface area contributed by atoms with Crippen molar-refractivity contribution in [2.75, 3.05) is 26.2 Å². The lowest BCUT2D eigenvalue weighted by atomic mass is 9.64. The van der Waals surface area contributed by atoms with Gasteiger partial charge in [0, 0.05) is 37.6 Å². The van der Waals surface area contributed by atoms with Gasteiger partial charge in [0.15, 0.2) is 5.60 Å². The summed E-state index contributed by atoms with van der Waals surface area (Å²) in [5.74, 6) is 0. The van der Waals surface area contributed by atoms with E-state index >= 15 is 0 Å². The van der Waals surface area contributed by atoms with Gasteiger partial charge in [0.1, 0.15) is 0 Å². The Labute approximate surface area is 199 Å². The first kappa shape index (κ1) is 25.2. The monoisotopic (exact) mass is 496 g/mol. The molecule has 2 fully saturated rings. The molecular formula is C25H31F3N2O3S. The molecule has 186 valence electrons. The van der Waals surface area contributed by atoms with Crippen LogP contribution in [-0.4, -0.2) is 61.1 Å². The van der Waals surface area contributed by atoms with E-state index in [2.05, 4.69) is 29.2 Å². The van der Waals surface area contributed by atoms with Gasteiger partial charge in [-0.3, -0.25) is 4.90 Å². The Hall–Kier alpha value is -1.94. The molecule has 0 amide bonds.